The Labute approximate surface area is 152 Å². The molecule has 0 aliphatic heterocycles. The summed E-state index contributed by atoms with van der Waals surface area (Å²) >= 11 is 1.39. The maximum absolute atomic E-state index is 9.96. The van der Waals surface area contributed by atoms with Crippen molar-refractivity contribution in [3.05, 3.63) is 65.7 Å². The van der Waals surface area contributed by atoms with Crippen LogP contribution in [-0.2, 0) is 0 Å². The molecule has 0 radical (unpaired) electrons. The molecule has 0 atom stereocenters. The van der Waals surface area contributed by atoms with Crippen molar-refractivity contribution < 1.29 is 14.9 Å². The number of benzene rings is 2. The highest BCUT2D eigenvalue weighted by molar-refractivity contribution is 8.03. The number of nitrogens with one attached hydrogen (secondary N) is 2. The van der Waals surface area contributed by atoms with Gasteiger partial charge in [-0.1, -0.05) is 48.7 Å². The van der Waals surface area contributed by atoms with E-state index in [1.54, 1.807) is 0 Å². The first-order valence-corrected chi connectivity index (χ1v) is 8.51. The number of allylic oxidation sites excluding steroid dienone is 1. The van der Waals surface area contributed by atoms with Crippen LogP contribution in [0.3, 0.4) is 0 Å². The lowest BCUT2D eigenvalue weighted by Gasteiger charge is -2.12. The Kier molecular flexibility index (Phi) is 5.83. The van der Waals surface area contributed by atoms with Gasteiger partial charge in [0.2, 0.25) is 5.69 Å². The number of aryl methyl sites for hydroxylation is 1. The monoisotopic (exact) mass is 353 g/mol. The minimum absolute atomic E-state index is 0.546. The average Bonchev–Trinajstić information content (AvgIpc) is 2.56. The highest BCUT2D eigenvalue weighted by Gasteiger charge is 2.24. The Bertz CT molecular complexity index is 871. The fourth-order valence-electron chi connectivity index (χ4n) is 2.30. The van der Waals surface area contributed by atoms with Gasteiger partial charge in [0.25, 0.3) is 5.69 Å². The lowest BCUT2D eigenvalue weighted by molar-refractivity contribution is -0.708. The third-order valence-corrected chi connectivity index (χ3v) is 4.66. The second-order valence-electron chi connectivity index (χ2n) is 5.69. The van der Waals surface area contributed by atoms with Gasteiger partial charge in [-0.25, -0.2) is 4.99 Å². The van der Waals surface area contributed by atoms with Gasteiger partial charge in [0.15, 0.2) is 11.6 Å². The molecule has 25 heavy (non-hydrogen) atoms. The van der Waals surface area contributed by atoms with Gasteiger partial charge in [-0.15, -0.1) is 0 Å². The van der Waals surface area contributed by atoms with Crippen molar-refractivity contribution in [2.45, 2.75) is 18.7 Å². The van der Waals surface area contributed by atoms with Crippen molar-refractivity contribution in [3.63, 3.8) is 0 Å². The van der Waals surface area contributed by atoms with E-state index in [-0.39, 0.29) is 0 Å². The van der Waals surface area contributed by atoms with E-state index >= 15 is 0 Å². The van der Waals surface area contributed by atoms with Crippen LogP contribution in [0, 0.1) is 6.92 Å². The largest absolute Gasteiger partial charge is 0.350 e. The number of thioether (sulfide) groups is 1. The minimum Gasteiger partial charge on any atom is -0.350 e. The lowest BCUT2D eigenvalue weighted by Crippen LogP contribution is -2.58. The molecule has 0 fully saturated rings. The molecule has 4 nitrogen and oxygen atoms in total. The molecular formula is C20H23N3OS+2. The van der Waals surface area contributed by atoms with E-state index in [9.17, 15) is 5.21 Å². The first kappa shape index (κ1) is 18.5. The molecule has 0 heterocycles. The maximum Gasteiger partial charge on any atom is 0.277 e. The van der Waals surface area contributed by atoms with Gasteiger partial charge in [0, 0.05) is 22.6 Å². The van der Waals surface area contributed by atoms with Gasteiger partial charge >= 0.3 is 0 Å². The molecule has 0 aliphatic rings. The van der Waals surface area contributed by atoms with E-state index in [1.165, 1.54) is 11.8 Å². The molecule has 0 aromatic heterocycles. The summed E-state index contributed by atoms with van der Waals surface area (Å²) in [7, 11) is 0. The van der Waals surface area contributed by atoms with Gasteiger partial charge in [-0.2, -0.15) is 0 Å². The van der Waals surface area contributed by atoms with Crippen LogP contribution in [0.4, 0.5) is 17.1 Å². The second kappa shape index (κ2) is 7.85. The fourth-order valence-corrected chi connectivity index (χ4v) is 3.22. The molecule has 0 bridgehead atoms. The van der Waals surface area contributed by atoms with Crippen LogP contribution in [0.1, 0.15) is 18.1 Å². The molecular weight excluding hydrogens is 330 g/mol. The summed E-state index contributed by atoms with van der Waals surface area (Å²) in [5.74, 6) is 0. The summed E-state index contributed by atoms with van der Waals surface area (Å²) in [6, 6.07) is 11.7. The van der Waals surface area contributed by atoms with Crippen LogP contribution in [0.15, 0.2) is 59.5 Å². The number of hydrogen-bond acceptors (Lipinski definition) is 3. The van der Waals surface area contributed by atoms with Crippen LogP contribution in [0.5, 0.6) is 0 Å². The van der Waals surface area contributed by atoms with Crippen molar-refractivity contribution in [1.82, 2.24) is 0 Å². The summed E-state index contributed by atoms with van der Waals surface area (Å²) < 4.78 is 0.844. The van der Waals surface area contributed by atoms with Crippen molar-refractivity contribution in [2.75, 3.05) is 5.32 Å². The first-order valence-electron chi connectivity index (χ1n) is 7.69. The summed E-state index contributed by atoms with van der Waals surface area (Å²) in [6.45, 7) is 19.3. The van der Waals surface area contributed by atoms with E-state index in [0.29, 0.717) is 5.69 Å². The second-order valence-corrected chi connectivity index (χ2v) is 6.80. The molecule has 128 valence electrons. The van der Waals surface area contributed by atoms with Crippen molar-refractivity contribution in [3.8, 4) is 0 Å². The molecule has 2 rings (SSSR count). The zero-order valence-electron chi connectivity index (χ0n) is 14.6. The van der Waals surface area contributed by atoms with Gasteiger partial charge in [0.05, 0.1) is 5.03 Å². The predicted molar refractivity (Wildman–Crippen MR) is 108 cm³/mol. The number of nitrogens with zero attached hydrogens (tertiary/aromatic N) is 1. The standard InChI is InChI=1S/C20H22N3OS/c1-13(2)16-11-18(21-5)20(19(12-16)23(6)24)25-15(4)22-17-10-8-7-9-14(17)3/h7-12,22,24H,1,4-6H2,2-3H3/q+1/p+1. The molecule has 0 saturated carbocycles. The fraction of sp³-hybridized carbons (Fsp3) is 0.100. The molecule has 2 aromatic rings. The van der Waals surface area contributed by atoms with Crippen LogP contribution in [0.25, 0.3) is 5.57 Å². The third-order valence-electron chi connectivity index (χ3n) is 3.68. The smallest absolute Gasteiger partial charge is 0.277 e. The summed E-state index contributed by atoms with van der Waals surface area (Å²) in [4.78, 5) is 3.69. The molecule has 0 unspecified atom stereocenters. The van der Waals surface area contributed by atoms with Gasteiger partial charge < -0.3 is 5.32 Å². The highest BCUT2D eigenvalue weighted by atomic mass is 32.2. The van der Waals surface area contributed by atoms with Gasteiger partial charge in [-0.05, 0) is 31.0 Å². The van der Waals surface area contributed by atoms with Crippen LogP contribution < -0.4 is 10.3 Å². The maximum atomic E-state index is 9.96. The molecule has 0 amide bonds. The van der Waals surface area contributed by atoms with E-state index in [2.05, 4.69) is 36.9 Å². The summed E-state index contributed by atoms with van der Waals surface area (Å²) in [5.41, 5.74) is 5.19. The van der Waals surface area contributed by atoms with Crippen molar-refractivity contribution in [2.24, 2.45) is 0 Å². The van der Waals surface area contributed by atoms with E-state index in [0.717, 1.165) is 42.7 Å². The topological polar surface area (TPSA) is 49.2 Å². The Morgan fingerprint density at radius 2 is 1.92 bits per heavy atom. The van der Waals surface area contributed by atoms with Crippen molar-refractivity contribution in [1.29, 1.82) is 0 Å². The zero-order valence-corrected chi connectivity index (χ0v) is 15.4. The summed E-state index contributed by atoms with van der Waals surface area (Å²) in [5, 5.41) is 14.0. The predicted octanol–water partition coefficient (Wildman–Crippen LogP) is 3.85. The molecule has 0 spiro atoms. The quantitative estimate of drug-likeness (QED) is 0.233. The molecule has 0 aliphatic carbocycles. The third kappa shape index (κ3) is 4.39. The Hall–Kier alpha value is -2.79. The van der Waals surface area contributed by atoms with Crippen molar-refractivity contribution >= 4 is 47.8 Å². The Balaban J connectivity index is 2.39. The van der Waals surface area contributed by atoms with Gasteiger partial charge in [-0.3, -0.25) is 5.21 Å². The number of para-hydroxylation sites is 1. The van der Waals surface area contributed by atoms with E-state index < -0.39 is 0 Å². The SMILES string of the molecule is C=[NH+]c1cc(C(=C)C)cc([N+](=C)O)c1SC(=C)Nc1ccccc1C. The van der Waals surface area contributed by atoms with E-state index in [4.69, 9.17) is 0 Å². The Morgan fingerprint density at radius 3 is 2.48 bits per heavy atom. The first-order chi connectivity index (χ1) is 11.8. The average molecular weight is 353 g/mol. The van der Waals surface area contributed by atoms with E-state index in [1.807, 2.05) is 50.2 Å². The normalized spacial score (nSPS) is 10.2. The van der Waals surface area contributed by atoms with Gasteiger partial charge in [0.1, 0.15) is 6.72 Å². The highest BCUT2D eigenvalue weighted by Crippen LogP contribution is 2.39. The lowest BCUT2D eigenvalue weighted by atomic mass is 10.1. The Morgan fingerprint density at radius 1 is 1.24 bits per heavy atom. The van der Waals surface area contributed by atoms with Crippen LogP contribution >= 0.6 is 11.8 Å². The summed E-state index contributed by atoms with van der Waals surface area (Å²) in [6.07, 6.45) is 0. The number of anilines is 1. The van der Waals surface area contributed by atoms with Crippen LogP contribution in [0.2, 0.25) is 0 Å². The molecule has 5 heteroatoms. The molecule has 3 N–H and O–H groups in total. The molecule has 2 aromatic carbocycles. The number of rotatable bonds is 7. The number of hydrogen-bond donors (Lipinski definition) is 3. The minimum atomic E-state index is 0.546. The van der Waals surface area contributed by atoms with Crippen LogP contribution in [-0.4, -0.2) is 23.4 Å². The zero-order chi connectivity index (χ0) is 18.6. The molecule has 0 saturated heterocycles.